The van der Waals surface area contributed by atoms with Crippen LogP contribution in [-0.2, 0) is 19.4 Å². The van der Waals surface area contributed by atoms with Crippen molar-refractivity contribution in [1.82, 2.24) is 9.55 Å². The third-order valence-corrected chi connectivity index (χ3v) is 3.91. The third kappa shape index (κ3) is 3.25. The van der Waals surface area contributed by atoms with Crippen molar-refractivity contribution in [2.45, 2.75) is 38.6 Å². The normalized spacial score (nSPS) is 13.5. The molecule has 0 radical (unpaired) electrons. The van der Waals surface area contributed by atoms with Crippen molar-refractivity contribution in [3.8, 4) is 11.8 Å². The van der Waals surface area contributed by atoms with Gasteiger partial charge >= 0.3 is 0 Å². The minimum Gasteiger partial charge on any atom is -0.494 e. The lowest BCUT2D eigenvalue weighted by Gasteiger charge is -2.14. The highest BCUT2D eigenvalue weighted by molar-refractivity contribution is 5.34. The lowest BCUT2D eigenvalue weighted by molar-refractivity contribution is 0.301. The summed E-state index contributed by atoms with van der Waals surface area (Å²) in [6.07, 6.45) is 7.77. The Bertz CT molecular complexity index is 637. The van der Waals surface area contributed by atoms with Gasteiger partial charge in [-0.15, -0.1) is 0 Å². The number of nitriles is 1. The lowest BCUT2D eigenvalue weighted by atomic mass is 10.0. The molecule has 0 fully saturated rings. The molecule has 1 aliphatic rings. The molecule has 1 aliphatic carbocycles. The van der Waals surface area contributed by atoms with E-state index in [0.29, 0.717) is 12.2 Å². The van der Waals surface area contributed by atoms with Crippen molar-refractivity contribution in [1.29, 1.82) is 5.26 Å². The first-order valence-corrected chi connectivity index (χ1v) is 7.52. The number of ether oxygens (including phenoxy) is 1. The lowest BCUT2D eigenvalue weighted by Crippen LogP contribution is -2.10. The van der Waals surface area contributed by atoms with Crippen molar-refractivity contribution in [3.05, 3.63) is 47.5 Å². The van der Waals surface area contributed by atoms with Crippen LogP contribution < -0.4 is 4.74 Å². The van der Waals surface area contributed by atoms with Crippen LogP contribution in [0.1, 0.15) is 36.2 Å². The zero-order valence-corrected chi connectivity index (χ0v) is 12.1. The number of fused-ring (bicyclic) bond motifs is 1. The summed E-state index contributed by atoms with van der Waals surface area (Å²) in [6.45, 7) is 1.64. The van der Waals surface area contributed by atoms with Crippen molar-refractivity contribution < 1.29 is 4.74 Å². The maximum Gasteiger partial charge on any atom is 0.119 e. The van der Waals surface area contributed by atoms with Crippen LogP contribution in [0.3, 0.4) is 0 Å². The van der Waals surface area contributed by atoms with Crippen LogP contribution in [0.15, 0.2) is 30.6 Å². The molecule has 1 aromatic carbocycles. The second-order valence-corrected chi connectivity index (χ2v) is 5.38. The van der Waals surface area contributed by atoms with Gasteiger partial charge in [-0.1, -0.05) is 0 Å². The van der Waals surface area contributed by atoms with Gasteiger partial charge < -0.3 is 9.30 Å². The van der Waals surface area contributed by atoms with Crippen molar-refractivity contribution in [3.63, 3.8) is 0 Å². The van der Waals surface area contributed by atoms with Gasteiger partial charge in [0, 0.05) is 12.2 Å². The molecule has 1 aromatic heterocycles. The second-order valence-electron chi connectivity index (χ2n) is 5.38. The highest BCUT2D eigenvalue weighted by atomic mass is 16.5. The van der Waals surface area contributed by atoms with E-state index in [4.69, 9.17) is 10.00 Å². The number of hydrogen-bond donors (Lipinski definition) is 0. The Kier molecular flexibility index (Phi) is 4.20. The Balaban J connectivity index is 1.48. The number of benzene rings is 1. The molecule has 0 saturated carbocycles. The molecule has 0 spiro atoms. The molecule has 0 N–H and O–H groups in total. The average Bonchev–Trinajstić information content (AvgIpc) is 2.95. The van der Waals surface area contributed by atoms with E-state index in [9.17, 15) is 0 Å². The molecule has 0 saturated heterocycles. The van der Waals surface area contributed by atoms with Gasteiger partial charge in [0.25, 0.3) is 0 Å². The summed E-state index contributed by atoms with van der Waals surface area (Å²) in [5, 5.41) is 8.75. The Morgan fingerprint density at radius 1 is 1.19 bits per heavy atom. The van der Waals surface area contributed by atoms with Crippen molar-refractivity contribution in [2.75, 3.05) is 6.61 Å². The van der Waals surface area contributed by atoms with E-state index in [0.717, 1.165) is 31.6 Å². The van der Waals surface area contributed by atoms with Gasteiger partial charge in [0.2, 0.25) is 0 Å². The average molecular weight is 281 g/mol. The van der Waals surface area contributed by atoms with Crippen molar-refractivity contribution in [2.24, 2.45) is 0 Å². The largest absolute Gasteiger partial charge is 0.494 e. The number of aromatic nitrogens is 2. The first-order valence-electron chi connectivity index (χ1n) is 7.52. The van der Waals surface area contributed by atoms with Gasteiger partial charge in [-0.3, -0.25) is 0 Å². The summed E-state index contributed by atoms with van der Waals surface area (Å²) in [6, 6.07) is 9.35. The summed E-state index contributed by atoms with van der Waals surface area (Å²) >= 11 is 0. The predicted octanol–water partition coefficient (Wildman–Crippen LogP) is 3.10. The standard InChI is InChI=1S/C17H19N3O/c18-12-14-6-8-15(9-7-14)21-11-3-10-20-13-19-16-4-1-2-5-17(16)20/h6-9,13H,1-5,10-11H2. The van der Waals surface area contributed by atoms with Gasteiger partial charge in [0.15, 0.2) is 0 Å². The fourth-order valence-corrected chi connectivity index (χ4v) is 2.77. The molecule has 0 atom stereocenters. The maximum absolute atomic E-state index is 8.75. The van der Waals surface area contributed by atoms with Gasteiger partial charge in [0.1, 0.15) is 5.75 Å². The van der Waals surface area contributed by atoms with E-state index in [2.05, 4.69) is 15.6 Å². The summed E-state index contributed by atoms with van der Waals surface area (Å²) in [5.74, 6) is 0.821. The maximum atomic E-state index is 8.75. The van der Waals surface area contributed by atoms with Gasteiger partial charge in [-0.2, -0.15) is 5.26 Å². The summed E-state index contributed by atoms with van der Waals surface area (Å²) < 4.78 is 7.98. The molecule has 108 valence electrons. The van der Waals surface area contributed by atoms with E-state index in [1.807, 2.05) is 18.5 Å². The van der Waals surface area contributed by atoms with Crippen LogP contribution in [-0.4, -0.2) is 16.2 Å². The Morgan fingerprint density at radius 2 is 2.00 bits per heavy atom. The monoisotopic (exact) mass is 281 g/mol. The number of aryl methyl sites for hydroxylation is 2. The summed E-state index contributed by atoms with van der Waals surface area (Å²) in [4.78, 5) is 4.50. The highest BCUT2D eigenvalue weighted by Crippen LogP contribution is 2.20. The topological polar surface area (TPSA) is 50.8 Å². The van der Waals surface area contributed by atoms with E-state index < -0.39 is 0 Å². The Labute approximate surface area is 125 Å². The van der Waals surface area contributed by atoms with Crippen molar-refractivity contribution >= 4 is 0 Å². The molecule has 2 aromatic rings. The molecule has 1 heterocycles. The fourth-order valence-electron chi connectivity index (χ4n) is 2.77. The van der Waals surface area contributed by atoms with E-state index in [1.54, 1.807) is 12.1 Å². The van der Waals surface area contributed by atoms with E-state index >= 15 is 0 Å². The molecule has 0 bridgehead atoms. The molecule has 4 nitrogen and oxygen atoms in total. The molecule has 21 heavy (non-hydrogen) atoms. The molecular formula is C17H19N3O. The van der Waals surface area contributed by atoms with Crippen LogP contribution in [0.2, 0.25) is 0 Å². The summed E-state index contributed by atoms with van der Waals surface area (Å²) in [5.41, 5.74) is 3.36. The van der Waals surface area contributed by atoms with Crippen LogP contribution in [0.4, 0.5) is 0 Å². The number of hydrogen-bond acceptors (Lipinski definition) is 3. The Morgan fingerprint density at radius 3 is 2.81 bits per heavy atom. The molecule has 0 amide bonds. The van der Waals surface area contributed by atoms with Gasteiger partial charge in [-0.05, 0) is 56.4 Å². The number of imidazole rings is 1. The zero-order chi connectivity index (χ0) is 14.5. The van der Waals surface area contributed by atoms with Crippen LogP contribution >= 0.6 is 0 Å². The minimum atomic E-state index is 0.660. The highest BCUT2D eigenvalue weighted by Gasteiger charge is 2.14. The quantitative estimate of drug-likeness (QED) is 0.791. The minimum absolute atomic E-state index is 0.660. The van der Waals surface area contributed by atoms with E-state index in [1.165, 1.54) is 24.2 Å². The zero-order valence-electron chi connectivity index (χ0n) is 12.1. The molecular weight excluding hydrogens is 262 g/mol. The predicted molar refractivity (Wildman–Crippen MR) is 80.1 cm³/mol. The molecule has 0 unspecified atom stereocenters. The number of nitrogens with zero attached hydrogens (tertiary/aromatic N) is 3. The molecule has 3 rings (SSSR count). The van der Waals surface area contributed by atoms with Gasteiger partial charge in [0.05, 0.1) is 30.3 Å². The van der Waals surface area contributed by atoms with Crippen LogP contribution in [0, 0.1) is 11.3 Å². The molecule has 0 aliphatic heterocycles. The first-order chi connectivity index (χ1) is 10.4. The smallest absolute Gasteiger partial charge is 0.119 e. The van der Waals surface area contributed by atoms with Gasteiger partial charge in [-0.25, -0.2) is 4.98 Å². The third-order valence-electron chi connectivity index (χ3n) is 3.91. The molecule has 4 heteroatoms. The van der Waals surface area contributed by atoms with Crippen LogP contribution in [0.5, 0.6) is 5.75 Å². The van der Waals surface area contributed by atoms with E-state index in [-0.39, 0.29) is 0 Å². The first kappa shape index (κ1) is 13.7. The second kappa shape index (κ2) is 6.45. The summed E-state index contributed by atoms with van der Waals surface area (Å²) in [7, 11) is 0. The number of rotatable bonds is 5. The Hall–Kier alpha value is -2.28. The van der Waals surface area contributed by atoms with Crippen LogP contribution in [0.25, 0.3) is 0 Å². The fraction of sp³-hybridized carbons (Fsp3) is 0.412. The SMILES string of the molecule is N#Cc1ccc(OCCCn2cnc3c2CCCC3)cc1.